The molecular formula is C14H21N3O3. The van der Waals surface area contributed by atoms with Crippen molar-refractivity contribution in [1.82, 2.24) is 5.32 Å². The Balaban J connectivity index is 2.60. The molecule has 0 radical (unpaired) electrons. The van der Waals surface area contributed by atoms with E-state index in [1.807, 2.05) is 20.8 Å². The summed E-state index contributed by atoms with van der Waals surface area (Å²) in [5.41, 5.74) is 6.26. The van der Waals surface area contributed by atoms with Gasteiger partial charge in [0.2, 0.25) is 5.91 Å². The molecule has 6 heteroatoms. The van der Waals surface area contributed by atoms with E-state index in [0.29, 0.717) is 5.56 Å². The minimum Gasteiger partial charge on any atom is -0.352 e. The van der Waals surface area contributed by atoms with Crippen LogP contribution in [-0.4, -0.2) is 16.9 Å². The van der Waals surface area contributed by atoms with Gasteiger partial charge >= 0.3 is 0 Å². The number of nitro groups is 1. The van der Waals surface area contributed by atoms with Crippen molar-refractivity contribution in [2.75, 3.05) is 0 Å². The van der Waals surface area contributed by atoms with Gasteiger partial charge in [0, 0.05) is 30.6 Å². The number of nitrogens with two attached hydrogens (primary N) is 1. The van der Waals surface area contributed by atoms with Crippen molar-refractivity contribution in [3.63, 3.8) is 0 Å². The molecule has 0 heterocycles. The van der Waals surface area contributed by atoms with E-state index < -0.39 is 4.92 Å². The summed E-state index contributed by atoms with van der Waals surface area (Å²) < 4.78 is 0. The van der Waals surface area contributed by atoms with Gasteiger partial charge in [-0.25, -0.2) is 0 Å². The van der Waals surface area contributed by atoms with Gasteiger partial charge < -0.3 is 11.1 Å². The Labute approximate surface area is 118 Å². The molecule has 1 atom stereocenters. The van der Waals surface area contributed by atoms with Gasteiger partial charge in [0.1, 0.15) is 0 Å². The van der Waals surface area contributed by atoms with E-state index in [2.05, 4.69) is 5.32 Å². The van der Waals surface area contributed by atoms with Crippen molar-refractivity contribution < 1.29 is 9.72 Å². The van der Waals surface area contributed by atoms with Gasteiger partial charge in [-0.2, -0.15) is 0 Å². The van der Waals surface area contributed by atoms with Gasteiger partial charge in [0.05, 0.1) is 4.92 Å². The number of carbonyl (C=O) groups excluding carboxylic acids is 1. The zero-order valence-corrected chi connectivity index (χ0v) is 12.1. The van der Waals surface area contributed by atoms with Crippen LogP contribution in [0.15, 0.2) is 24.3 Å². The lowest BCUT2D eigenvalue weighted by Gasteiger charge is -2.26. The lowest BCUT2D eigenvalue weighted by molar-refractivity contribution is -0.385. The second kappa shape index (κ2) is 6.47. The molecule has 0 aliphatic carbocycles. The summed E-state index contributed by atoms with van der Waals surface area (Å²) in [6.45, 7) is 6.03. The number of nitro benzene ring substituents is 1. The topological polar surface area (TPSA) is 98.3 Å². The number of nitrogens with one attached hydrogen (secondary N) is 1. The Bertz CT molecular complexity index is 495. The summed E-state index contributed by atoms with van der Waals surface area (Å²) in [7, 11) is 0. The van der Waals surface area contributed by atoms with E-state index in [1.54, 1.807) is 18.2 Å². The average molecular weight is 279 g/mol. The van der Waals surface area contributed by atoms with Crippen molar-refractivity contribution in [3.8, 4) is 0 Å². The Hall–Kier alpha value is -1.95. The normalized spacial score (nSPS) is 12.8. The predicted molar refractivity (Wildman–Crippen MR) is 77.0 cm³/mol. The van der Waals surface area contributed by atoms with E-state index in [9.17, 15) is 14.9 Å². The standard InChI is InChI=1S/C14H21N3O3/c1-14(2,3)12(15)8-13(18)16-9-10-6-4-5-7-11(10)17(19)20/h4-7,12H,8-9,15H2,1-3H3,(H,16,18). The fraction of sp³-hybridized carbons (Fsp3) is 0.500. The summed E-state index contributed by atoms with van der Waals surface area (Å²) >= 11 is 0. The number of hydrogen-bond acceptors (Lipinski definition) is 4. The monoisotopic (exact) mass is 279 g/mol. The van der Waals surface area contributed by atoms with Crippen molar-refractivity contribution in [3.05, 3.63) is 39.9 Å². The highest BCUT2D eigenvalue weighted by molar-refractivity contribution is 5.76. The van der Waals surface area contributed by atoms with Crippen molar-refractivity contribution in [2.24, 2.45) is 11.1 Å². The molecule has 1 rings (SSSR count). The maximum atomic E-state index is 11.8. The van der Waals surface area contributed by atoms with Crippen LogP contribution in [-0.2, 0) is 11.3 Å². The Morgan fingerprint density at radius 3 is 2.55 bits per heavy atom. The number of para-hydroxylation sites is 1. The van der Waals surface area contributed by atoms with Gasteiger partial charge in [0.15, 0.2) is 0 Å². The van der Waals surface area contributed by atoms with E-state index in [-0.39, 0.29) is 36.0 Å². The van der Waals surface area contributed by atoms with Crippen LogP contribution in [0, 0.1) is 15.5 Å². The Morgan fingerprint density at radius 2 is 2.00 bits per heavy atom. The highest BCUT2D eigenvalue weighted by Gasteiger charge is 2.23. The maximum absolute atomic E-state index is 11.8. The van der Waals surface area contributed by atoms with Crippen molar-refractivity contribution in [1.29, 1.82) is 0 Å². The van der Waals surface area contributed by atoms with Crippen LogP contribution in [0.25, 0.3) is 0 Å². The third-order valence-corrected chi connectivity index (χ3v) is 3.18. The van der Waals surface area contributed by atoms with Gasteiger partial charge in [-0.1, -0.05) is 39.0 Å². The molecule has 0 fully saturated rings. The Morgan fingerprint density at radius 1 is 1.40 bits per heavy atom. The number of rotatable bonds is 5. The lowest BCUT2D eigenvalue weighted by Crippen LogP contribution is -2.40. The third kappa shape index (κ3) is 4.62. The summed E-state index contributed by atoms with van der Waals surface area (Å²) in [4.78, 5) is 22.2. The average Bonchev–Trinajstić information content (AvgIpc) is 2.35. The number of amides is 1. The predicted octanol–water partition coefficient (Wildman–Crippen LogP) is 1.97. The lowest BCUT2D eigenvalue weighted by atomic mass is 9.85. The molecule has 20 heavy (non-hydrogen) atoms. The fourth-order valence-electron chi connectivity index (χ4n) is 1.61. The van der Waals surface area contributed by atoms with Gasteiger partial charge in [0.25, 0.3) is 5.69 Å². The van der Waals surface area contributed by atoms with Crippen LogP contribution >= 0.6 is 0 Å². The number of carbonyl (C=O) groups is 1. The number of benzene rings is 1. The molecule has 0 saturated carbocycles. The minimum atomic E-state index is -0.456. The largest absolute Gasteiger partial charge is 0.352 e. The maximum Gasteiger partial charge on any atom is 0.274 e. The molecule has 3 N–H and O–H groups in total. The van der Waals surface area contributed by atoms with Gasteiger partial charge in [-0.05, 0) is 5.41 Å². The van der Waals surface area contributed by atoms with Gasteiger partial charge in [-0.15, -0.1) is 0 Å². The van der Waals surface area contributed by atoms with Crippen molar-refractivity contribution >= 4 is 11.6 Å². The zero-order valence-electron chi connectivity index (χ0n) is 12.1. The molecule has 0 saturated heterocycles. The number of hydrogen-bond donors (Lipinski definition) is 2. The third-order valence-electron chi connectivity index (χ3n) is 3.18. The molecule has 0 spiro atoms. The second-order valence-corrected chi connectivity index (χ2v) is 5.84. The van der Waals surface area contributed by atoms with E-state index >= 15 is 0 Å². The zero-order chi connectivity index (χ0) is 15.3. The SMILES string of the molecule is CC(C)(C)C(N)CC(=O)NCc1ccccc1[N+](=O)[O-]. The highest BCUT2D eigenvalue weighted by atomic mass is 16.6. The molecule has 1 amide bonds. The first-order chi connectivity index (χ1) is 9.21. The second-order valence-electron chi connectivity index (χ2n) is 5.84. The van der Waals surface area contributed by atoms with Crippen LogP contribution in [0.2, 0.25) is 0 Å². The molecule has 1 aromatic rings. The molecule has 1 unspecified atom stereocenters. The fourth-order valence-corrected chi connectivity index (χ4v) is 1.61. The van der Waals surface area contributed by atoms with Crippen molar-refractivity contribution in [2.45, 2.75) is 39.8 Å². The molecule has 0 aliphatic rings. The molecule has 0 aromatic heterocycles. The molecule has 1 aromatic carbocycles. The quantitative estimate of drug-likeness (QED) is 0.636. The summed E-state index contributed by atoms with van der Waals surface area (Å²) in [5.74, 6) is -0.203. The van der Waals surface area contributed by atoms with E-state index in [0.717, 1.165) is 0 Å². The van der Waals surface area contributed by atoms with Crippen LogP contribution in [0.4, 0.5) is 5.69 Å². The first kappa shape index (κ1) is 16.1. The summed E-state index contributed by atoms with van der Waals surface area (Å²) in [6.07, 6.45) is 0.199. The highest BCUT2D eigenvalue weighted by Crippen LogP contribution is 2.20. The minimum absolute atomic E-state index is 0.00733. The first-order valence-electron chi connectivity index (χ1n) is 6.46. The first-order valence-corrected chi connectivity index (χ1v) is 6.46. The molecule has 110 valence electrons. The van der Waals surface area contributed by atoms with Gasteiger partial charge in [-0.3, -0.25) is 14.9 Å². The smallest absolute Gasteiger partial charge is 0.274 e. The van der Waals surface area contributed by atoms with Crippen LogP contribution < -0.4 is 11.1 Å². The summed E-state index contributed by atoms with van der Waals surface area (Å²) in [6, 6.07) is 6.09. The molecule has 0 bridgehead atoms. The molecule has 0 aliphatic heterocycles. The Kier molecular flexibility index (Phi) is 5.21. The van der Waals surface area contributed by atoms with Crippen LogP contribution in [0.5, 0.6) is 0 Å². The molecular weight excluding hydrogens is 258 g/mol. The van der Waals surface area contributed by atoms with Crippen LogP contribution in [0.1, 0.15) is 32.8 Å². The van der Waals surface area contributed by atoms with E-state index in [1.165, 1.54) is 6.07 Å². The molecule has 6 nitrogen and oxygen atoms in total. The summed E-state index contributed by atoms with van der Waals surface area (Å²) in [5, 5.41) is 13.5. The van der Waals surface area contributed by atoms with Crippen LogP contribution in [0.3, 0.4) is 0 Å². The number of nitrogens with zero attached hydrogens (tertiary/aromatic N) is 1. The van der Waals surface area contributed by atoms with E-state index in [4.69, 9.17) is 5.73 Å².